The fourth-order valence-electron chi connectivity index (χ4n) is 3.73. The molecule has 0 saturated carbocycles. The van der Waals surface area contributed by atoms with Crippen LogP contribution in [0, 0.1) is 5.92 Å². The van der Waals surface area contributed by atoms with Crippen molar-refractivity contribution in [1.82, 2.24) is 9.88 Å². The van der Waals surface area contributed by atoms with Crippen molar-refractivity contribution in [1.29, 1.82) is 0 Å². The van der Waals surface area contributed by atoms with Crippen LogP contribution in [0.15, 0.2) is 47.6 Å². The Kier molecular flexibility index (Phi) is 5.66. The SMILES string of the molecule is CS(=O)(=O)c1ccc(-c2ccc(OC3CN(CC4CCOCC4)C3)cc2)cn1. The fourth-order valence-corrected chi connectivity index (χ4v) is 4.29. The summed E-state index contributed by atoms with van der Waals surface area (Å²) in [7, 11) is -3.27. The molecule has 7 heteroatoms. The summed E-state index contributed by atoms with van der Waals surface area (Å²) >= 11 is 0. The third-order valence-electron chi connectivity index (χ3n) is 5.39. The van der Waals surface area contributed by atoms with Crippen LogP contribution in [0.3, 0.4) is 0 Å². The number of nitrogens with zero attached hydrogens (tertiary/aromatic N) is 2. The number of benzene rings is 1. The molecule has 2 saturated heterocycles. The van der Waals surface area contributed by atoms with Gasteiger partial charge in [0.25, 0.3) is 0 Å². The zero-order valence-corrected chi connectivity index (χ0v) is 16.9. The quantitative estimate of drug-likeness (QED) is 0.740. The second-order valence-corrected chi connectivity index (χ2v) is 9.66. The van der Waals surface area contributed by atoms with Gasteiger partial charge in [0.15, 0.2) is 14.9 Å². The lowest BCUT2D eigenvalue weighted by Gasteiger charge is -2.41. The molecule has 3 heterocycles. The van der Waals surface area contributed by atoms with E-state index >= 15 is 0 Å². The van der Waals surface area contributed by atoms with Crippen molar-refractivity contribution < 1.29 is 17.9 Å². The first-order valence-corrected chi connectivity index (χ1v) is 11.6. The fraction of sp³-hybridized carbons (Fsp3) is 0.476. The highest BCUT2D eigenvalue weighted by atomic mass is 32.2. The summed E-state index contributed by atoms with van der Waals surface area (Å²) in [6, 6.07) is 11.2. The standard InChI is InChI=1S/C21H26N2O4S/c1-28(24,25)21-7-4-18(12-22-21)17-2-5-19(6-3-17)27-20-14-23(15-20)13-16-8-10-26-11-9-16/h2-7,12,16,20H,8-11,13-15H2,1H3. The van der Waals surface area contributed by atoms with Crippen molar-refractivity contribution in [3.63, 3.8) is 0 Å². The van der Waals surface area contributed by atoms with Gasteiger partial charge in [-0.1, -0.05) is 12.1 Å². The average Bonchev–Trinajstić information content (AvgIpc) is 2.67. The Bertz CT molecular complexity index is 885. The minimum absolute atomic E-state index is 0.0893. The summed E-state index contributed by atoms with van der Waals surface area (Å²) < 4.78 is 34.5. The maximum Gasteiger partial charge on any atom is 0.192 e. The van der Waals surface area contributed by atoms with Crippen molar-refractivity contribution in [2.75, 3.05) is 39.1 Å². The Morgan fingerprint density at radius 1 is 1.07 bits per heavy atom. The van der Waals surface area contributed by atoms with Gasteiger partial charge >= 0.3 is 0 Å². The number of aromatic nitrogens is 1. The topological polar surface area (TPSA) is 68.7 Å². The maximum atomic E-state index is 11.5. The number of ether oxygens (including phenoxy) is 2. The molecule has 1 aromatic carbocycles. The highest BCUT2D eigenvalue weighted by Crippen LogP contribution is 2.25. The molecular formula is C21H26N2O4S. The van der Waals surface area contributed by atoms with Gasteiger partial charge in [-0.3, -0.25) is 4.90 Å². The Hall–Kier alpha value is -1.96. The van der Waals surface area contributed by atoms with Crippen LogP contribution in [0.5, 0.6) is 5.75 Å². The number of sulfone groups is 1. The maximum absolute atomic E-state index is 11.5. The summed E-state index contributed by atoms with van der Waals surface area (Å²) in [4.78, 5) is 6.51. The monoisotopic (exact) mass is 402 g/mol. The van der Waals surface area contributed by atoms with Gasteiger partial charge in [-0.15, -0.1) is 0 Å². The normalized spacial score (nSPS) is 19.3. The predicted octanol–water partition coefficient (Wildman–Crippen LogP) is 2.64. The second-order valence-electron chi connectivity index (χ2n) is 7.70. The minimum Gasteiger partial charge on any atom is -0.488 e. The summed E-state index contributed by atoms with van der Waals surface area (Å²) in [5.41, 5.74) is 1.86. The van der Waals surface area contributed by atoms with Crippen molar-refractivity contribution >= 4 is 9.84 Å². The van der Waals surface area contributed by atoms with Crippen LogP contribution in [-0.4, -0.2) is 63.5 Å². The summed E-state index contributed by atoms with van der Waals surface area (Å²) in [6.07, 6.45) is 5.34. The third-order valence-corrected chi connectivity index (χ3v) is 6.39. The van der Waals surface area contributed by atoms with Crippen molar-refractivity contribution in [3.05, 3.63) is 42.6 Å². The van der Waals surface area contributed by atoms with Gasteiger partial charge in [0.05, 0.1) is 0 Å². The highest BCUT2D eigenvalue weighted by Gasteiger charge is 2.30. The molecule has 0 aliphatic carbocycles. The van der Waals surface area contributed by atoms with E-state index < -0.39 is 9.84 Å². The van der Waals surface area contributed by atoms with E-state index in [0.29, 0.717) is 0 Å². The first-order chi connectivity index (χ1) is 13.5. The van der Waals surface area contributed by atoms with Crippen LogP contribution in [0.4, 0.5) is 0 Å². The van der Waals surface area contributed by atoms with Gasteiger partial charge in [0.1, 0.15) is 11.9 Å². The van der Waals surface area contributed by atoms with E-state index in [0.717, 1.165) is 61.9 Å². The van der Waals surface area contributed by atoms with Crippen LogP contribution in [0.1, 0.15) is 12.8 Å². The summed E-state index contributed by atoms with van der Waals surface area (Å²) in [6.45, 7) is 4.92. The van der Waals surface area contributed by atoms with Crippen LogP contribution in [0.25, 0.3) is 11.1 Å². The van der Waals surface area contributed by atoms with Crippen molar-refractivity contribution in [2.45, 2.75) is 24.0 Å². The number of pyridine rings is 1. The van der Waals surface area contributed by atoms with Gasteiger partial charge in [-0.25, -0.2) is 13.4 Å². The van der Waals surface area contributed by atoms with E-state index in [1.807, 2.05) is 24.3 Å². The summed E-state index contributed by atoms with van der Waals surface area (Å²) in [5.74, 6) is 1.62. The van der Waals surface area contributed by atoms with Gasteiger partial charge in [0, 0.05) is 50.9 Å². The minimum atomic E-state index is -3.27. The van der Waals surface area contributed by atoms with E-state index in [1.165, 1.54) is 18.9 Å². The van der Waals surface area contributed by atoms with Crippen LogP contribution >= 0.6 is 0 Å². The first kappa shape index (κ1) is 19.4. The highest BCUT2D eigenvalue weighted by molar-refractivity contribution is 7.90. The smallest absolute Gasteiger partial charge is 0.192 e. The predicted molar refractivity (Wildman–Crippen MR) is 107 cm³/mol. The van der Waals surface area contributed by atoms with E-state index in [-0.39, 0.29) is 11.1 Å². The Labute approximate surface area is 166 Å². The van der Waals surface area contributed by atoms with Gasteiger partial charge in [-0.2, -0.15) is 0 Å². The Morgan fingerprint density at radius 3 is 2.36 bits per heavy atom. The van der Waals surface area contributed by atoms with Gasteiger partial charge < -0.3 is 9.47 Å². The molecule has 2 aromatic rings. The molecule has 2 aliphatic heterocycles. The molecule has 0 unspecified atom stereocenters. The molecule has 0 N–H and O–H groups in total. The molecule has 150 valence electrons. The number of rotatable bonds is 6. The van der Waals surface area contributed by atoms with Crippen molar-refractivity contribution in [3.8, 4) is 16.9 Å². The molecule has 2 fully saturated rings. The Balaban J connectivity index is 1.28. The van der Waals surface area contributed by atoms with Gasteiger partial charge in [-0.05, 0) is 48.6 Å². The lowest BCUT2D eigenvalue weighted by Crippen LogP contribution is -2.55. The molecule has 6 nitrogen and oxygen atoms in total. The largest absolute Gasteiger partial charge is 0.488 e. The average molecular weight is 403 g/mol. The van der Waals surface area contributed by atoms with Crippen LogP contribution < -0.4 is 4.74 Å². The molecule has 2 aliphatic rings. The Morgan fingerprint density at radius 2 is 1.75 bits per heavy atom. The molecule has 28 heavy (non-hydrogen) atoms. The number of likely N-dealkylation sites (tertiary alicyclic amines) is 1. The van der Waals surface area contributed by atoms with Crippen LogP contribution in [0.2, 0.25) is 0 Å². The summed E-state index contributed by atoms with van der Waals surface area (Å²) in [5, 5.41) is 0.0893. The molecule has 0 radical (unpaired) electrons. The molecule has 0 spiro atoms. The molecular weight excluding hydrogens is 376 g/mol. The third kappa shape index (κ3) is 4.71. The van der Waals surface area contributed by atoms with E-state index in [4.69, 9.17) is 9.47 Å². The van der Waals surface area contributed by atoms with E-state index in [1.54, 1.807) is 12.3 Å². The number of hydrogen-bond acceptors (Lipinski definition) is 6. The molecule has 4 rings (SSSR count). The second kappa shape index (κ2) is 8.19. The van der Waals surface area contributed by atoms with E-state index in [9.17, 15) is 8.42 Å². The zero-order chi connectivity index (χ0) is 19.6. The lowest BCUT2D eigenvalue weighted by atomic mass is 9.98. The number of hydrogen-bond donors (Lipinski definition) is 0. The van der Waals surface area contributed by atoms with Crippen LogP contribution in [-0.2, 0) is 14.6 Å². The van der Waals surface area contributed by atoms with Gasteiger partial charge in [0.2, 0.25) is 0 Å². The molecule has 0 bridgehead atoms. The van der Waals surface area contributed by atoms with E-state index in [2.05, 4.69) is 9.88 Å². The first-order valence-electron chi connectivity index (χ1n) is 9.71. The zero-order valence-electron chi connectivity index (χ0n) is 16.1. The molecule has 1 aromatic heterocycles. The lowest BCUT2D eigenvalue weighted by molar-refractivity contribution is -0.00910. The molecule has 0 atom stereocenters. The molecule has 0 amide bonds. The van der Waals surface area contributed by atoms with Crippen molar-refractivity contribution in [2.24, 2.45) is 5.92 Å².